The third kappa shape index (κ3) is 2.39. The Balaban J connectivity index is 1.95. The van der Waals surface area contributed by atoms with Crippen LogP contribution in [0.25, 0.3) is 11.0 Å². The SMILES string of the molecule is Cc1ccccc1CCn1c(=S)[nH]c2ccc(F)cc21. The first kappa shape index (κ1) is 13.1. The van der Waals surface area contributed by atoms with Gasteiger partial charge in [0.1, 0.15) is 5.82 Å². The van der Waals surface area contributed by atoms with E-state index in [1.165, 1.54) is 23.3 Å². The molecule has 0 fully saturated rings. The van der Waals surface area contributed by atoms with Gasteiger partial charge in [-0.25, -0.2) is 4.39 Å². The number of H-pyrrole nitrogens is 1. The number of nitrogens with one attached hydrogen (secondary N) is 1. The van der Waals surface area contributed by atoms with Crippen molar-refractivity contribution in [2.75, 3.05) is 0 Å². The Morgan fingerprint density at radius 3 is 2.80 bits per heavy atom. The summed E-state index contributed by atoms with van der Waals surface area (Å²) in [6.45, 7) is 2.84. The molecule has 3 rings (SSSR count). The fourth-order valence-corrected chi connectivity index (χ4v) is 2.77. The molecule has 0 saturated heterocycles. The lowest BCUT2D eigenvalue weighted by Gasteiger charge is -2.07. The van der Waals surface area contributed by atoms with Crippen LogP contribution in [-0.4, -0.2) is 9.55 Å². The zero-order valence-electron chi connectivity index (χ0n) is 11.2. The van der Waals surface area contributed by atoms with Crippen LogP contribution in [0.1, 0.15) is 11.1 Å². The molecule has 0 aliphatic heterocycles. The van der Waals surface area contributed by atoms with Crippen molar-refractivity contribution in [3.63, 3.8) is 0 Å². The van der Waals surface area contributed by atoms with Gasteiger partial charge in [-0.05, 0) is 54.9 Å². The molecular weight excluding hydrogens is 271 g/mol. The first-order valence-electron chi connectivity index (χ1n) is 6.58. The van der Waals surface area contributed by atoms with Crippen LogP contribution in [0.4, 0.5) is 4.39 Å². The predicted octanol–water partition coefficient (Wildman–Crippen LogP) is 4.39. The topological polar surface area (TPSA) is 20.7 Å². The van der Waals surface area contributed by atoms with Crippen LogP contribution in [0.3, 0.4) is 0 Å². The maximum atomic E-state index is 13.4. The minimum atomic E-state index is -0.240. The monoisotopic (exact) mass is 286 g/mol. The summed E-state index contributed by atoms with van der Waals surface area (Å²) in [7, 11) is 0. The number of hydrogen-bond acceptors (Lipinski definition) is 1. The number of hydrogen-bond donors (Lipinski definition) is 1. The summed E-state index contributed by atoms with van der Waals surface area (Å²) < 4.78 is 16.0. The molecule has 1 heterocycles. The molecule has 0 bridgehead atoms. The average molecular weight is 286 g/mol. The highest BCUT2D eigenvalue weighted by Crippen LogP contribution is 2.17. The van der Waals surface area contributed by atoms with Crippen LogP contribution in [0.2, 0.25) is 0 Å². The van der Waals surface area contributed by atoms with Crippen molar-refractivity contribution in [2.24, 2.45) is 0 Å². The lowest BCUT2D eigenvalue weighted by atomic mass is 10.1. The van der Waals surface area contributed by atoms with E-state index in [-0.39, 0.29) is 5.82 Å². The van der Waals surface area contributed by atoms with Crippen LogP contribution in [0.15, 0.2) is 42.5 Å². The van der Waals surface area contributed by atoms with Gasteiger partial charge in [-0.3, -0.25) is 0 Å². The van der Waals surface area contributed by atoms with Crippen LogP contribution >= 0.6 is 12.2 Å². The average Bonchev–Trinajstić information content (AvgIpc) is 2.73. The number of imidazole rings is 1. The number of aromatic amines is 1. The Morgan fingerprint density at radius 2 is 2.00 bits per heavy atom. The van der Waals surface area contributed by atoms with Crippen molar-refractivity contribution in [1.82, 2.24) is 9.55 Å². The molecular formula is C16H15FN2S. The minimum Gasteiger partial charge on any atom is -0.331 e. The lowest BCUT2D eigenvalue weighted by Crippen LogP contribution is -2.02. The van der Waals surface area contributed by atoms with Crippen LogP contribution in [0, 0.1) is 17.5 Å². The molecule has 3 aromatic rings. The highest BCUT2D eigenvalue weighted by molar-refractivity contribution is 7.71. The van der Waals surface area contributed by atoms with Crippen molar-refractivity contribution in [3.05, 3.63) is 64.2 Å². The fraction of sp³-hybridized carbons (Fsp3) is 0.188. The van der Waals surface area contributed by atoms with Crippen molar-refractivity contribution >= 4 is 23.3 Å². The van der Waals surface area contributed by atoms with E-state index in [4.69, 9.17) is 12.2 Å². The molecule has 0 radical (unpaired) electrons. The zero-order chi connectivity index (χ0) is 14.1. The zero-order valence-corrected chi connectivity index (χ0v) is 12.0. The van der Waals surface area contributed by atoms with Crippen molar-refractivity contribution < 1.29 is 4.39 Å². The Kier molecular flexibility index (Phi) is 3.40. The molecule has 4 heteroatoms. The second-order valence-corrected chi connectivity index (χ2v) is 5.31. The van der Waals surface area contributed by atoms with Crippen molar-refractivity contribution in [1.29, 1.82) is 0 Å². The number of rotatable bonds is 3. The van der Waals surface area contributed by atoms with E-state index < -0.39 is 0 Å². The minimum absolute atomic E-state index is 0.240. The molecule has 0 aliphatic rings. The molecule has 0 saturated carbocycles. The first-order chi connectivity index (χ1) is 9.65. The molecule has 2 nitrogen and oxygen atoms in total. The van der Waals surface area contributed by atoms with Crippen LogP contribution < -0.4 is 0 Å². The highest BCUT2D eigenvalue weighted by atomic mass is 32.1. The molecule has 0 atom stereocenters. The summed E-state index contributed by atoms with van der Waals surface area (Å²) in [5.74, 6) is -0.240. The van der Waals surface area contributed by atoms with Crippen molar-refractivity contribution in [2.45, 2.75) is 19.9 Å². The maximum Gasteiger partial charge on any atom is 0.178 e. The lowest BCUT2D eigenvalue weighted by molar-refractivity contribution is 0.627. The largest absolute Gasteiger partial charge is 0.331 e. The molecule has 2 aromatic carbocycles. The molecule has 0 unspecified atom stereocenters. The molecule has 0 spiro atoms. The van der Waals surface area contributed by atoms with Gasteiger partial charge in [0.15, 0.2) is 4.77 Å². The normalized spacial score (nSPS) is 11.1. The van der Waals surface area contributed by atoms with Gasteiger partial charge < -0.3 is 9.55 Å². The number of aryl methyl sites for hydroxylation is 3. The third-order valence-corrected chi connectivity index (χ3v) is 3.93. The molecule has 1 aromatic heterocycles. The van der Waals surface area contributed by atoms with Crippen LogP contribution in [0.5, 0.6) is 0 Å². The molecule has 0 amide bonds. The summed E-state index contributed by atoms with van der Waals surface area (Å²) in [5.41, 5.74) is 4.26. The van der Waals surface area contributed by atoms with Gasteiger partial charge in [-0.1, -0.05) is 24.3 Å². The Labute approximate surface area is 121 Å². The fourth-order valence-electron chi connectivity index (χ4n) is 2.47. The Hall–Kier alpha value is -1.94. The standard InChI is InChI=1S/C16H15FN2S/c1-11-4-2-3-5-12(11)8-9-19-15-10-13(17)6-7-14(15)18-16(19)20/h2-7,10H,8-9H2,1H3,(H,18,20). The third-order valence-electron chi connectivity index (χ3n) is 3.60. The molecule has 0 aliphatic carbocycles. The summed E-state index contributed by atoms with van der Waals surface area (Å²) >= 11 is 5.33. The smallest absolute Gasteiger partial charge is 0.178 e. The first-order valence-corrected chi connectivity index (χ1v) is 6.98. The van der Waals surface area contributed by atoms with E-state index in [1.54, 1.807) is 6.07 Å². The van der Waals surface area contributed by atoms with E-state index in [0.29, 0.717) is 4.77 Å². The van der Waals surface area contributed by atoms with Gasteiger partial charge in [0, 0.05) is 6.54 Å². The number of nitrogens with zero attached hydrogens (tertiary/aromatic N) is 1. The summed E-state index contributed by atoms with van der Waals surface area (Å²) in [4.78, 5) is 3.12. The van der Waals surface area contributed by atoms with E-state index in [1.807, 2.05) is 16.7 Å². The van der Waals surface area contributed by atoms with Gasteiger partial charge in [0.2, 0.25) is 0 Å². The van der Waals surface area contributed by atoms with Gasteiger partial charge in [0.05, 0.1) is 11.0 Å². The second-order valence-electron chi connectivity index (χ2n) is 4.92. The number of halogens is 1. The number of benzene rings is 2. The van der Waals surface area contributed by atoms with E-state index in [0.717, 1.165) is 24.0 Å². The van der Waals surface area contributed by atoms with Gasteiger partial charge in [-0.2, -0.15) is 0 Å². The predicted molar refractivity (Wildman–Crippen MR) is 82.0 cm³/mol. The Morgan fingerprint density at radius 1 is 1.20 bits per heavy atom. The quantitative estimate of drug-likeness (QED) is 0.708. The van der Waals surface area contributed by atoms with Crippen LogP contribution in [-0.2, 0) is 13.0 Å². The molecule has 20 heavy (non-hydrogen) atoms. The van der Waals surface area contributed by atoms with Gasteiger partial charge in [0.25, 0.3) is 0 Å². The second kappa shape index (κ2) is 5.21. The van der Waals surface area contributed by atoms with Crippen molar-refractivity contribution in [3.8, 4) is 0 Å². The number of fused-ring (bicyclic) bond motifs is 1. The summed E-state index contributed by atoms with van der Waals surface area (Å²) in [6, 6.07) is 13.0. The van der Waals surface area contributed by atoms with Gasteiger partial charge in [-0.15, -0.1) is 0 Å². The number of aromatic nitrogens is 2. The van der Waals surface area contributed by atoms with Gasteiger partial charge >= 0.3 is 0 Å². The van der Waals surface area contributed by atoms with E-state index in [2.05, 4.69) is 24.0 Å². The van der Waals surface area contributed by atoms with E-state index >= 15 is 0 Å². The maximum absolute atomic E-state index is 13.4. The van der Waals surface area contributed by atoms with E-state index in [9.17, 15) is 4.39 Å². The summed E-state index contributed by atoms with van der Waals surface area (Å²) in [6.07, 6.45) is 0.879. The molecule has 1 N–H and O–H groups in total. The summed E-state index contributed by atoms with van der Waals surface area (Å²) in [5, 5.41) is 0. The highest BCUT2D eigenvalue weighted by Gasteiger charge is 2.06. The molecule has 102 valence electrons. The Bertz CT molecular complexity index is 817.